The Hall–Kier alpha value is -1.19. The lowest BCUT2D eigenvalue weighted by Crippen LogP contribution is -2.49. The van der Waals surface area contributed by atoms with Crippen LogP contribution < -0.4 is 5.43 Å². The number of nitrogens with one attached hydrogen (secondary N) is 1. The van der Waals surface area contributed by atoms with Crippen molar-refractivity contribution in [2.24, 2.45) is 5.92 Å². The zero-order valence-corrected chi connectivity index (χ0v) is 16.1. The van der Waals surface area contributed by atoms with Gasteiger partial charge in [-0.2, -0.15) is 4.31 Å². The third kappa shape index (κ3) is 4.95. The number of carbonyl (C=O) groups is 1. The molecule has 7 nitrogen and oxygen atoms in total. The van der Waals surface area contributed by atoms with Gasteiger partial charge in [0, 0.05) is 37.6 Å². The van der Waals surface area contributed by atoms with E-state index in [0.717, 1.165) is 12.8 Å². The molecule has 0 spiro atoms. The Balaban J connectivity index is 1.58. The predicted molar refractivity (Wildman–Crippen MR) is 98.1 cm³/mol. The fourth-order valence-corrected chi connectivity index (χ4v) is 5.01. The normalized spacial score (nSPS) is 22.9. The van der Waals surface area contributed by atoms with Crippen LogP contribution in [0.1, 0.15) is 19.3 Å². The van der Waals surface area contributed by atoms with E-state index in [1.807, 2.05) is 5.01 Å². The number of ether oxygens (including phenoxy) is 1. The molecule has 26 heavy (non-hydrogen) atoms. The van der Waals surface area contributed by atoms with Gasteiger partial charge in [0.15, 0.2) is 0 Å². The molecular formula is C17H24ClN3O4S. The Morgan fingerprint density at radius 3 is 2.58 bits per heavy atom. The zero-order valence-electron chi connectivity index (χ0n) is 14.6. The summed E-state index contributed by atoms with van der Waals surface area (Å²) in [5.41, 5.74) is 2.89. The Morgan fingerprint density at radius 1 is 1.19 bits per heavy atom. The number of piperidine rings is 1. The second-order valence-corrected chi connectivity index (χ2v) is 9.04. The number of halogens is 1. The summed E-state index contributed by atoms with van der Waals surface area (Å²) in [7, 11) is -3.56. The molecule has 1 aromatic carbocycles. The number of rotatable bonds is 5. The molecular weight excluding hydrogens is 378 g/mol. The van der Waals surface area contributed by atoms with Crippen LogP contribution in [0.5, 0.6) is 0 Å². The van der Waals surface area contributed by atoms with Crippen molar-refractivity contribution in [2.75, 3.05) is 39.4 Å². The third-order valence-corrected chi connectivity index (χ3v) is 6.83. The van der Waals surface area contributed by atoms with E-state index in [-0.39, 0.29) is 16.7 Å². The maximum Gasteiger partial charge on any atom is 0.243 e. The van der Waals surface area contributed by atoms with Crippen molar-refractivity contribution in [1.29, 1.82) is 0 Å². The van der Waals surface area contributed by atoms with Crippen LogP contribution in [0, 0.1) is 5.92 Å². The van der Waals surface area contributed by atoms with E-state index < -0.39 is 10.0 Å². The molecule has 1 unspecified atom stereocenters. The lowest BCUT2D eigenvalue weighted by Gasteiger charge is -2.32. The smallest absolute Gasteiger partial charge is 0.243 e. The minimum Gasteiger partial charge on any atom is -0.379 e. The van der Waals surface area contributed by atoms with E-state index in [1.54, 1.807) is 12.1 Å². The Morgan fingerprint density at radius 2 is 1.88 bits per heavy atom. The third-order valence-electron chi connectivity index (χ3n) is 4.70. The number of morpholine rings is 1. The minimum absolute atomic E-state index is 0.0202. The number of hydrazine groups is 1. The monoisotopic (exact) mass is 401 g/mol. The molecule has 3 rings (SSSR count). The van der Waals surface area contributed by atoms with Gasteiger partial charge in [-0.3, -0.25) is 10.2 Å². The van der Waals surface area contributed by atoms with Crippen molar-refractivity contribution in [3.63, 3.8) is 0 Å². The standard InChI is InChI=1S/C17H24ClN3O4S/c18-15-3-5-16(6-4-15)26(23,24)21-7-1-2-14(13-21)12-17(22)19-20-8-10-25-11-9-20/h3-6,14H,1-2,7-13H2,(H,19,22). The largest absolute Gasteiger partial charge is 0.379 e. The van der Waals surface area contributed by atoms with Gasteiger partial charge in [-0.05, 0) is 43.0 Å². The summed E-state index contributed by atoms with van der Waals surface area (Å²) in [5, 5.41) is 2.36. The highest BCUT2D eigenvalue weighted by Crippen LogP contribution is 2.26. The van der Waals surface area contributed by atoms with Gasteiger partial charge in [0.25, 0.3) is 0 Å². The molecule has 2 fully saturated rings. The molecule has 0 radical (unpaired) electrons. The van der Waals surface area contributed by atoms with Gasteiger partial charge in [-0.1, -0.05) is 11.6 Å². The highest BCUT2D eigenvalue weighted by atomic mass is 35.5. The van der Waals surface area contributed by atoms with Crippen LogP contribution in [-0.4, -0.2) is 63.0 Å². The molecule has 9 heteroatoms. The van der Waals surface area contributed by atoms with E-state index in [4.69, 9.17) is 16.3 Å². The van der Waals surface area contributed by atoms with Crippen molar-refractivity contribution in [2.45, 2.75) is 24.2 Å². The van der Waals surface area contributed by atoms with Gasteiger partial charge in [0.1, 0.15) is 0 Å². The van der Waals surface area contributed by atoms with Crippen LogP contribution in [0.2, 0.25) is 5.02 Å². The SMILES string of the molecule is O=C(CC1CCCN(S(=O)(=O)c2ccc(Cl)cc2)C1)NN1CCOCC1. The number of benzene rings is 1. The summed E-state index contributed by atoms with van der Waals surface area (Å²) < 4.78 is 32.3. The predicted octanol–water partition coefficient (Wildman–Crippen LogP) is 1.49. The number of amides is 1. The summed E-state index contributed by atoms with van der Waals surface area (Å²) in [4.78, 5) is 12.5. The number of nitrogens with zero attached hydrogens (tertiary/aromatic N) is 2. The molecule has 2 aliphatic heterocycles. The van der Waals surface area contributed by atoms with Crippen LogP contribution >= 0.6 is 11.6 Å². The van der Waals surface area contributed by atoms with Gasteiger partial charge in [-0.15, -0.1) is 0 Å². The van der Waals surface area contributed by atoms with Crippen molar-refractivity contribution >= 4 is 27.5 Å². The molecule has 1 atom stereocenters. The quantitative estimate of drug-likeness (QED) is 0.808. The Kier molecular flexibility index (Phi) is 6.52. The fraction of sp³-hybridized carbons (Fsp3) is 0.588. The van der Waals surface area contributed by atoms with Crippen molar-refractivity contribution < 1.29 is 17.9 Å². The molecule has 0 bridgehead atoms. The average molecular weight is 402 g/mol. The molecule has 0 aliphatic carbocycles. The fourth-order valence-electron chi connectivity index (χ4n) is 3.33. The van der Waals surface area contributed by atoms with E-state index >= 15 is 0 Å². The van der Waals surface area contributed by atoms with E-state index in [0.29, 0.717) is 50.8 Å². The maximum absolute atomic E-state index is 12.8. The lowest BCUT2D eigenvalue weighted by molar-refractivity contribution is -0.129. The Labute approximate surface area is 159 Å². The summed E-state index contributed by atoms with van der Waals surface area (Å²) in [6.07, 6.45) is 1.93. The van der Waals surface area contributed by atoms with Gasteiger partial charge in [-0.25, -0.2) is 13.4 Å². The number of carbonyl (C=O) groups excluding carboxylic acids is 1. The van der Waals surface area contributed by atoms with Crippen molar-refractivity contribution in [3.8, 4) is 0 Å². The number of sulfonamides is 1. The second-order valence-electron chi connectivity index (χ2n) is 6.66. The van der Waals surface area contributed by atoms with Gasteiger partial charge in [0.2, 0.25) is 15.9 Å². The minimum atomic E-state index is -3.56. The Bertz CT molecular complexity index is 720. The van der Waals surface area contributed by atoms with Gasteiger partial charge >= 0.3 is 0 Å². The zero-order chi connectivity index (χ0) is 18.6. The second kappa shape index (κ2) is 8.67. The summed E-state index contributed by atoms with van der Waals surface area (Å²) in [6, 6.07) is 6.19. The number of hydrogen-bond donors (Lipinski definition) is 1. The van der Waals surface area contributed by atoms with Crippen LogP contribution in [0.25, 0.3) is 0 Å². The first-order valence-electron chi connectivity index (χ1n) is 8.83. The molecule has 2 aliphatic rings. The molecule has 144 valence electrons. The average Bonchev–Trinajstić information content (AvgIpc) is 2.63. The van der Waals surface area contributed by atoms with Crippen molar-refractivity contribution in [1.82, 2.24) is 14.7 Å². The van der Waals surface area contributed by atoms with Gasteiger partial charge in [0.05, 0.1) is 18.1 Å². The van der Waals surface area contributed by atoms with E-state index in [2.05, 4.69) is 5.43 Å². The highest BCUT2D eigenvalue weighted by molar-refractivity contribution is 7.89. The lowest BCUT2D eigenvalue weighted by atomic mass is 9.96. The molecule has 0 saturated carbocycles. The van der Waals surface area contributed by atoms with Crippen LogP contribution in [-0.2, 0) is 19.6 Å². The topological polar surface area (TPSA) is 79.0 Å². The number of hydrogen-bond acceptors (Lipinski definition) is 5. The summed E-state index contributed by atoms with van der Waals surface area (Å²) in [5.74, 6) is -0.0468. The first kappa shape index (κ1) is 19.6. The molecule has 2 heterocycles. The first-order chi connectivity index (χ1) is 12.4. The molecule has 1 N–H and O–H groups in total. The highest BCUT2D eigenvalue weighted by Gasteiger charge is 2.31. The van der Waals surface area contributed by atoms with E-state index in [9.17, 15) is 13.2 Å². The first-order valence-corrected chi connectivity index (χ1v) is 10.6. The summed E-state index contributed by atoms with van der Waals surface area (Å²) in [6.45, 7) is 3.41. The molecule has 1 amide bonds. The van der Waals surface area contributed by atoms with Crippen LogP contribution in [0.4, 0.5) is 0 Å². The maximum atomic E-state index is 12.8. The van der Waals surface area contributed by atoms with E-state index in [1.165, 1.54) is 16.4 Å². The van der Waals surface area contributed by atoms with Crippen molar-refractivity contribution in [3.05, 3.63) is 29.3 Å². The molecule has 0 aromatic heterocycles. The summed E-state index contributed by atoms with van der Waals surface area (Å²) >= 11 is 5.84. The van der Waals surface area contributed by atoms with Crippen LogP contribution in [0.3, 0.4) is 0 Å². The van der Waals surface area contributed by atoms with Gasteiger partial charge < -0.3 is 4.74 Å². The molecule has 2 saturated heterocycles. The van der Waals surface area contributed by atoms with Crippen LogP contribution in [0.15, 0.2) is 29.2 Å². The molecule has 1 aromatic rings.